The number of nitrogens with one attached hydrogen (secondary N) is 1. The van der Waals surface area contributed by atoms with Crippen molar-refractivity contribution >= 4 is 11.6 Å². The average Bonchev–Trinajstić information content (AvgIpc) is 2.42. The van der Waals surface area contributed by atoms with Crippen LogP contribution in [0, 0.1) is 12.7 Å². The van der Waals surface area contributed by atoms with Gasteiger partial charge in [-0.2, -0.15) is 0 Å². The Bertz CT molecular complexity index is 569. The fraction of sp³-hybridized carbons (Fsp3) is 0.312. The summed E-state index contributed by atoms with van der Waals surface area (Å²) in [6.07, 6.45) is 2.41. The first-order chi connectivity index (χ1) is 9.60. The molecular weight excluding hydrogens is 275 g/mol. The number of benzene rings is 1. The maximum Gasteiger partial charge on any atom is 0.127 e. The van der Waals surface area contributed by atoms with Crippen LogP contribution in [0.25, 0.3) is 0 Å². The quantitative estimate of drug-likeness (QED) is 0.898. The molecule has 1 unspecified atom stereocenters. The highest BCUT2D eigenvalue weighted by molar-refractivity contribution is 6.30. The number of rotatable bonds is 5. The van der Waals surface area contributed by atoms with Gasteiger partial charge < -0.3 is 5.32 Å². The zero-order valence-corrected chi connectivity index (χ0v) is 12.4. The van der Waals surface area contributed by atoms with Crippen LogP contribution in [0.15, 0.2) is 36.5 Å². The smallest absolute Gasteiger partial charge is 0.127 e. The summed E-state index contributed by atoms with van der Waals surface area (Å²) < 4.78 is 13.9. The fourth-order valence-electron chi connectivity index (χ4n) is 2.15. The molecule has 2 nitrogen and oxygen atoms in total. The van der Waals surface area contributed by atoms with E-state index in [0.29, 0.717) is 17.0 Å². The molecule has 4 heteroatoms. The van der Waals surface area contributed by atoms with Gasteiger partial charge in [0, 0.05) is 23.0 Å². The van der Waals surface area contributed by atoms with E-state index < -0.39 is 0 Å². The van der Waals surface area contributed by atoms with Crippen molar-refractivity contribution in [3.8, 4) is 0 Å². The molecule has 1 N–H and O–H groups in total. The zero-order chi connectivity index (χ0) is 14.5. The maximum absolute atomic E-state index is 13.9. The Labute approximate surface area is 124 Å². The Hall–Kier alpha value is -1.45. The summed E-state index contributed by atoms with van der Waals surface area (Å²) in [6.45, 7) is 4.80. The van der Waals surface area contributed by atoms with Crippen LogP contribution in [0.2, 0.25) is 5.02 Å². The molecule has 1 aromatic heterocycles. The van der Waals surface area contributed by atoms with Gasteiger partial charge in [0.05, 0.1) is 0 Å². The number of hydrogen-bond donors (Lipinski definition) is 1. The minimum atomic E-state index is -0.263. The molecule has 1 aromatic carbocycles. The molecule has 1 atom stereocenters. The van der Waals surface area contributed by atoms with E-state index in [2.05, 4.69) is 10.3 Å². The molecule has 1 heterocycles. The normalized spacial score (nSPS) is 12.4. The number of aromatic nitrogens is 1. The summed E-state index contributed by atoms with van der Waals surface area (Å²) in [7, 11) is 0. The molecule has 0 amide bonds. The van der Waals surface area contributed by atoms with Crippen molar-refractivity contribution in [2.75, 3.05) is 6.54 Å². The van der Waals surface area contributed by atoms with E-state index in [4.69, 9.17) is 11.6 Å². The Morgan fingerprint density at radius 2 is 2.10 bits per heavy atom. The van der Waals surface area contributed by atoms with Gasteiger partial charge in [-0.15, -0.1) is 0 Å². The first-order valence-corrected chi connectivity index (χ1v) is 7.07. The molecule has 106 valence electrons. The van der Waals surface area contributed by atoms with Gasteiger partial charge in [-0.1, -0.05) is 30.7 Å². The van der Waals surface area contributed by atoms with Crippen molar-refractivity contribution in [2.24, 2.45) is 0 Å². The van der Waals surface area contributed by atoms with Crippen molar-refractivity contribution in [1.82, 2.24) is 10.3 Å². The van der Waals surface area contributed by atoms with Gasteiger partial charge in [-0.25, -0.2) is 4.39 Å². The molecule has 0 aliphatic heterocycles. The largest absolute Gasteiger partial charge is 0.310 e. The van der Waals surface area contributed by atoms with Crippen LogP contribution in [0.1, 0.15) is 29.8 Å². The van der Waals surface area contributed by atoms with Crippen molar-refractivity contribution in [1.29, 1.82) is 0 Å². The van der Waals surface area contributed by atoms with Crippen LogP contribution < -0.4 is 5.32 Å². The number of aryl methyl sites for hydroxylation is 1. The Kier molecular flexibility index (Phi) is 5.10. The van der Waals surface area contributed by atoms with Gasteiger partial charge in [0.1, 0.15) is 5.82 Å². The molecule has 0 aliphatic carbocycles. The van der Waals surface area contributed by atoms with Crippen LogP contribution in [-0.4, -0.2) is 11.5 Å². The van der Waals surface area contributed by atoms with E-state index in [-0.39, 0.29) is 11.9 Å². The van der Waals surface area contributed by atoms with E-state index in [0.717, 1.165) is 17.8 Å². The third-order valence-electron chi connectivity index (χ3n) is 3.23. The molecule has 20 heavy (non-hydrogen) atoms. The molecule has 0 fully saturated rings. The van der Waals surface area contributed by atoms with Gasteiger partial charge in [0.15, 0.2) is 0 Å². The lowest BCUT2D eigenvalue weighted by atomic mass is 9.99. The second kappa shape index (κ2) is 6.82. The highest BCUT2D eigenvalue weighted by Crippen LogP contribution is 2.22. The SMILES string of the molecule is CCNC(Cc1ccc(Cl)cc1F)c1ccc(C)nc1. The zero-order valence-electron chi connectivity index (χ0n) is 11.7. The van der Waals surface area contributed by atoms with Gasteiger partial charge in [-0.05, 0) is 49.2 Å². The van der Waals surface area contributed by atoms with E-state index in [1.165, 1.54) is 6.07 Å². The second-order valence-corrected chi connectivity index (χ2v) is 5.22. The number of halogens is 2. The number of hydrogen-bond acceptors (Lipinski definition) is 2. The van der Waals surface area contributed by atoms with Crippen LogP contribution in [0.4, 0.5) is 4.39 Å². The van der Waals surface area contributed by atoms with Crippen LogP contribution in [0.5, 0.6) is 0 Å². The first-order valence-electron chi connectivity index (χ1n) is 6.70. The Balaban J connectivity index is 2.22. The maximum atomic E-state index is 13.9. The molecular formula is C16H18ClFN2. The third-order valence-corrected chi connectivity index (χ3v) is 3.46. The molecule has 0 aliphatic rings. The van der Waals surface area contributed by atoms with E-state index >= 15 is 0 Å². The minimum absolute atomic E-state index is 0.0452. The number of pyridine rings is 1. The molecule has 0 radical (unpaired) electrons. The number of nitrogens with zero attached hydrogens (tertiary/aromatic N) is 1. The summed E-state index contributed by atoms with van der Waals surface area (Å²) in [5.41, 5.74) is 2.69. The summed E-state index contributed by atoms with van der Waals surface area (Å²) in [4.78, 5) is 4.31. The fourth-order valence-corrected chi connectivity index (χ4v) is 2.31. The summed E-state index contributed by atoms with van der Waals surface area (Å²) in [5, 5.41) is 3.79. The van der Waals surface area contributed by atoms with Crippen molar-refractivity contribution < 1.29 is 4.39 Å². The standard InChI is InChI=1S/C16H18ClFN2/c1-3-19-16(13-5-4-11(2)20-10-13)8-12-6-7-14(17)9-15(12)18/h4-7,9-10,16,19H,3,8H2,1-2H3. The summed E-state index contributed by atoms with van der Waals surface area (Å²) >= 11 is 5.78. The Morgan fingerprint density at radius 3 is 2.70 bits per heavy atom. The molecule has 0 bridgehead atoms. The number of likely N-dealkylation sites (N-methyl/N-ethyl adjacent to an activating group) is 1. The Morgan fingerprint density at radius 1 is 1.30 bits per heavy atom. The lowest BCUT2D eigenvalue weighted by Crippen LogP contribution is -2.23. The van der Waals surface area contributed by atoms with E-state index in [1.54, 1.807) is 12.1 Å². The topological polar surface area (TPSA) is 24.9 Å². The molecule has 0 saturated carbocycles. The van der Waals surface area contributed by atoms with Crippen LogP contribution in [0.3, 0.4) is 0 Å². The highest BCUT2D eigenvalue weighted by atomic mass is 35.5. The molecule has 0 saturated heterocycles. The second-order valence-electron chi connectivity index (χ2n) is 4.78. The predicted molar refractivity (Wildman–Crippen MR) is 80.5 cm³/mol. The lowest BCUT2D eigenvalue weighted by molar-refractivity contribution is 0.526. The van der Waals surface area contributed by atoms with Gasteiger partial charge in [0.2, 0.25) is 0 Å². The van der Waals surface area contributed by atoms with Crippen LogP contribution >= 0.6 is 11.6 Å². The predicted octanol–water partition coefficient (Wildman–Crippen LogP) is 4.08. The van der Waals surface area contributed by atoms with E-state index in [1.807, 2.05) is 32.2 Å². The van der Waals surface area contributed by atoms with Crippen molar-refractivity contribution in [3.63, 3.8) is 0 Å². The average molecular weight is 293 g/mol. The van der Waals surface area contributed by atoms with E-state index in [9.17, 15) is 4.39 Å². The van der Waals surface area contributed by atoms with Gasteiger partial charge >= 0.3 is 0 Å². The van der Waals surface area contributed by atoms with Crippen molar-refractivity contribution in [3.05, 3.63) is 64.2 Å². The lowest BCUT2D eigenvalue weighted by Gasteiger charge is -2.18. The first kappa shape index (κ1) is 14.9. The highest BCUT2D eigenvalue weighted by Gasteiger charge is 2.14. The van der Waals surface area contributed by atoms with Crippen molar-refractivity contribution in [2.45, 2.75) is 26.3 Å². The molecule has 0 spiro atoms. The third kappa shape index (κ3) is 3.78. The summed E-state index contributed by atoms with van der Waals surface area (Å²) in [5.74, 6) is -0.263. The van der Waals surface area contributed by atoms with Gasteiger partial charge in [0.25, 0.3) is 0 Å². The molecule has 2 aromatic rings. The molecule has 2 rings (SSSR count). The van der Waals surface area contributed by atoms with Gasteiger partial charge in [-0.3, -0.25) is 4.98 Å². The monoisotopic (exact) mass is 292 g/mol. The minimum Gasteiger partial charge on any atom is -0.310 e. The van der Waals surface area contributed by atoms with Crippen LogP contribution in [-0.2, 0) is 6.42 Å². The summed E-state index contributed by atoms with van der Waals surface area (Å²) in [6, 6.07) is 8.86.